The van der Waals surface area contributed by atoms with E-state index in [1.54, 1.807) is 7.11 Å². The van der Waals surface area contributed by atoms with E-state index in [1.165, 1.54) is 0 Å². The Hall–Kier alpha value is -0.160. The summed E-state index contributed by atoms with van der Waals surface area (Å²) >= 11 is 0. The standard InChI is InChI=1S/C13H27NO3/c1-12(2,15-5)6-7-16-9-11-8-14-10-13(3,4)17-11/h11,14H,6-10H2,1-5H3. The first-order valence-corrected chi connectivity index (χ1v) is 6.36. The van der Waals surface area contributed by atoms with Gasteiger partial charge in [0.2, 0.25) is 0 Å². The molecule has 1 N–H and O–H groups in total. The van der Waals surface area contributed by atoms with Gasteiger partial charge in [-0.25, -0.2) is 0 Å². The van der Waals surface area contributed by atoms with Crippen LogP contribution in [-0.4, -0.2) is 50.7 Å². The molecule has 1 saturated heterocycles. The number of hydrogen-bond donors (Lipinski definition) is 1. The minimum atomic E-state index is -0.106. The Morgan fingerprint density at radius 3 is 2.71 bits per heavy atom. The Labute approximate surface area is 105 Å². The highest BCUT2D eigenvalue weighted by molar-refractivity contribution is 4.81. The van der Waals surface area contributed by atoms with Crippen molar-refractivity contribution in [1.29, 1.82) is 0 Å². The van der Waals surface area contributed by atoms with Crippen LogP contribution in [0.5, 0.6) is 0 Å². The largest absolute Gasteiger partial charge is 0.379 e. The molecule has 4 heteroatoms. The fourth-order valence-corrected chi connectivity index (χ4v) is 1.80. The van der Waals surface area contributed by atoms with Gasteiger partial charge in [-0.05, 0) is 34.1 Å². The molecule has 0 radical (unpaired) electrons. The van der Waals surface area contributed by atoms with Gasteiger partial charge in [-0.15, -0.1) is 0 Å². The van der Waals surface area contributed by atoms with Crippen molar-refractivity contribution in [3.05, 3.63) is 0 Å². The van der Waals surface area contributed by atoms with Crippen LogP contribution in [0.4, 0.5) is 0 Å². The summed E-state index contributed by atoms with van der Waals surface area (Å²) in [5, 5.41) is 3.36. The van der Waals surface area contributed by atoms with Crippen LogP contribution in [0.15, 0.2) is 0 Å². The molecule has 0 aliphatic carbocycles. The van der Waals surface area contributed by atoms with Crippen molar-refractivity contribution in [3.8, 4) is 0 Å². The van der Waals surface area contributed by atoms with Gasteiger partial charge < -0.3 is 19.5 Å². The van der Waals surface area contributed by atoms with E-state index in [-0.39, 0.29) is 17.3 Å². The number of morpholine rings is 1. The van der Waals surface area contributed by atoms with Crippen molar-refractivity contribution >= 4 is 0 Å². The highest BCUT2D eigenvalue weighted by Crippen LogP contribution is 2.16. The lowest BCUT2D eigenvalue weighted by atomic mass is 10.1. The monoisotopic (exact) mass is 245 g/mol. The van der Waals surface area contributed by atoms with Crippen molar-refractivity contribution in [2.45, 2.75) is 51.4 Å². The zero-order valence-electron chi connectivity index (χ0n) is 11.8. The summed E-state index contributed by atoms with van der Waals surface area (Å²) in [7, 11) is 1.73. The summed E-state index contributed by atoms with van der Waals surface area (Å²) in [5.74, 6) is 0. The molecule has 1 unspecified atom stereocenters. The van der Waals surface area contributed by atoms with Crippen LogP contribution < -0.4 is 5.32 Å². The topological polar surface area (TPSA) is 39.7 Å². The van der Waals surface area contributed by atoms with Gasteiger partial charge >= 0.3 is 0 Å². The summed E-state index contributed by atoms with van der Waals surface area (Å²) in [6.45, 7) is 11.5. The molecule has 1 heterocycles. The number of nitrogens with one attached hydrogen (secondary N) is 1. The smallest absolute Gasteiger partial charge is 0.0940 e. The Morgan fingerprint density at radius 2 is 2.12 bits per heavy atom. The highest BCUT2D eigenvalue weighted by atomic mass is 16.5. The molecule has 0 aromatic carbocycles. The van der Waals surface area contributed by atoms with Crippen molar-refractivity contribution < 1.29 is 14.2 Å². The van der Waals surface area contributed by atoms with E-state index in [4.69, 9.17) is 14.2 Å². The summed E-state index contributed by atoms with van der Waals surface area (Å²) in [6, 6.07) is 0. The van der Waals surface area contributed by atoms with E-state index in [0.29, 0.717) is 13.2 Å². The minimum absolute atomic E-state index is 0.0852. The van der Waals surface area contributed by atoms with E-state index in [1.807, 2.05) is 0 Å². The number of rotatable bonds is 6. The maximum atomic E-state index is 5.91. The van der Waals surface area contributed by atoms with E-state index in [0.717, 1.165) is 19.5 Å². The van der Waals surface area contributed by atoms with E-state index < -0.39 is 0 Å². The van der Waals surface area contributed by atoms with Crippen molar-refractivity contribution in [2.75, 3.05) is 33.4 Å². The second-order valence-electron chi connectivity index (χ2n) is 5.92. The van der Waals surface area contributed by atoms with Gasteiger partial charge in [0, 0.05) is 26.8 Å². The maximum Gasteiger partial charge on any atom is 0.0940 e. The molecule has 4 nitrogen and oxygen atoms in total. The molecular formula is C13H27NO3. The van der Waals surface area contributed by atoms with Crippen LogP contribution in [0.3, 0.4) is 0 Å². The molecule has 1 atom stereocenters. The minimum Gasteiger partial charge on any atom is -0.379 e. The number of ether oxygens (including phenoxy) is 3. The van der Waals surface area contributed by atoms with Crippen LogP contribution in [-0.2, 0) is 14.2 Å². The van der Waals surface area contributed by atoms with Crippen LogP contribution in [0.25, 0.3) is 0 Å². The van der Waals surface area contributed by atoms with Crippen molar-refractivity contribution in [3.63, 3.8) is 0 Å². The Kier molecular flexibility index (Phi) is 5.38. The summed E-state index contributed by atoms with van der Waals surface area (Å²) in [5.41, 5.74) is -0.191. The molecule has 17 heavy (non-hydrogen) atoms. The third-order valence-corrected chi connectivity index (χ3v) is 3.11. The third kappa shape index (κ3) is 5.82. The van der Waals surface area contributed by atoms with E-state index in [9.17, 15) is 0 Å². The van der Waals surface area contributed by atoms with Gasteiger partial charge in [0.25, 0.3) is 0 Å². The molecule has 0 aromatic rings. The highest BCUT2D eigenvalue weighted by Gasteiger charge is 2.28. The van der Waals surface area contributed by atoms with Gasteiger partial charge in [0.1, 0.15) is 0 Å². The molecule has 1 aliphatic heterocycles. The predicted octanol–water partition coefficient (Wildman–Crippen LogP) is 1.59. The molecular weight excluding hydrogens is 218 g/mol. The van der Waals surface area contributed by atoms with Crippen molar-refractivity contribution in [2.24, 2.45) is 0 Å². The van der Waals surface area contributed by atoms with Gasteiger partial charge in [-0.2, -0.15) is 0 Å². The first-order chi connectivity index (χ1) is 7.85. The fourth-order valence-electron chi connectivity index (χ4n) is 1.80. The maximum absolute atomic E-state index is 5.91. The summed E-state index contributed by atoms with van der Waals surface area (Å²) < 4.78 is 16.9. The first kappa shape index (κ1) is 14.9. The average molecular weight is 245 g/mol. The molecule has 0 spiro atoms. The van der Waals surface area contributed by atoms with Crippen LogP contribution in [0.2, 0.25) is 0 Å². The molecule has 0 amide bonds. The molecule has 1 rings (SSSR count). The molecule has 1 aliphatic rings. The molecule has 1 fully saturated rings. The molecule has 0 aromatic heterocycles. The Morgan fingerprint density at radius 1 is 1.41 bits per heavy atom. The lowest BCUT2D eigenvalue weighted by molar-refractivity contribution is -0.123. The van der Waals surface area contributed by atoms with Gasteiger partial charge in [-0.3, -0.25) is 0 Å². The lowest BCUT2D eigenvalue weighted by Crippen LogP contribution is -2.51. The fraction of sp³-hybridized carbons (Fsp3) is 1.00. The van der Waals surface area contributed by atoms with Crippen molar-refractivity contribution in [1.82, 2.24) is 5.32 Å². The second kappa shape index (κ2) is 6.14. The zero-order chi connectivity index (χ0) is 12.9. The van der Waals surface area contributed by atoms with Crippen LogP contribution in [0.1, 0.15) is 34.1 Å². The Balaban J connectivity index is 2.15. The van der Waals surface area contributed by atoms with Gasteiger partial charge in [0.05, 0.1) is 23.9 Å². The van der Waals surface area contributed by atoms with Gasteiger partial charge in [-0.1, -0.05) is 0 Å². The van der Waals surface area contributed by atoms with Crippen LogP contribution >= 0.6 is 0 Å². The first-order valence-electron chi connectivity index (χ1n) is 6.36. The number of methoxy groups -OCH3 is 1. The molecule has 0 bridgehead atoms. The molecule has 102 valence electrons. The van der Waals surface area contributed by atoms with E-state index >= 15 is 0 Å². The SMILES string of the molecule is COC(C)(C)CCOCC1CNCC(C)(C)O1. The average Bonchev–Trinajstić information content (AvgIpc) is 2.23. The second-order valence-corrected chi connectivity index (χ2v) is 5.92. The predicted molar refractivity (Wildman–Crippen MR) is 68.3 cm³/mol. The third-order valence-electron chi connectivity index (χ3n) is 3.11. The number of hydrogen-bond acceptors (Lipinski definition) is 4. The summed E-state index contributed by atoms with van der Waals surface area (Å²) in [4.78, 5) is 0. The molecule has 0 saturated carbocycles. The lowest BCUT2D eigenvalue weighted by Gasteiger charge is -2.36. The van der Waals surface area contributed by atoms with E-state index in [2.05, 4.69) is 33.0 Å². The quantitative estimate of drug-likeness (QED) is 0.721. The normalized spacial score (nSPS) is 24.9. The summed E-state index contributed by atoms with van der Waals surface area (Å²) in [6.07, 6.45) is 1.05. The Bertz CT molecular complexity index is 229. The zero-order valence-corrected chi connectivity index (χ0v) is 11.8. The van der Waals surface area contributed by atoms with Crippen LogP contribution in [0, 0.1) is 0 Å². The van der Waals surface area contributed by atoms with Gasteiger partial charge in [0.15, 0.2) is 0 Å².